The first-order chi connectivity index (χ1) is 14.2. The van der Waals surface area contributed by atoms with Crippen molar-refractivity contribution in [3.05, 3.63) is 58.0 Å². The average Bonchev–Trinajstić information content (AvgIpc) is 2.75. The fourth-order valence-corrected chi connectivity index (χ4v) is 5.90. The largest absolute Gasteiger partial charge is 0.311 e. The maximum Gasteiger partial charge on any atom is 0.258 e. The van der Waals surface area contributed by atoms with Gasteiger partial charge in [-0.2, -0.15) is 5.26 Å². The van der Waals surface area contributed by atoms with Gasteiger partial charge in [0.15, 0.2) is 0 Å². The van der Waals surface area contributed by atoms with Crippen molar-refractivity contribution in [1.29, 1.82) is 5.26 Å². The van der Waals surface area contributed by atoms with Crippen LogP contribution >= 0.6 is 0 Å². The van der Waals surface area contributed by atoms with Crippen molar-refractivity contribution in [2.75, 3.05) is 19.6 Å². The summed E-state index contributed by atoms with van der Waals surface area (Å²) in [6.45, 7) is 4.30. The zero-order valence-corrected chi connectivity index (χ0v) is 17.0. The fraction of sp³-hybridized carbons (Fsp3) is 0.520. The molecule has 2 aromatic rings. The lowest BCUT2D eigenvalue weighted by Gasteiger charge is -2.44. The second-order valence-electron chi connectivity index (χ2n) is 9.30. The predicted octanol–water partition coefficient (Wildman–Crippen LogP) is 4.39. The number of fused-ring (bicyclic) bond motifs is 4. The fourth-order valence-electron chi connectivity index (χ4n) is 5.90. The van der Waals surface area contributed by atoms with Crippen molar-refractivity contribution in [2.24, 2.45) is 11.8 Å². The van der Waals surface area contributed by atoms with Crippen molar-refractivity contribution in [3.8, 4) is 17.2 Å². The van der Waals surface area contributed by atoms with Crippen LogP contribution < -0.4 is 5.56 Å². The van der Waals surface area contributed by atoms with Crippen LogP contribution in [-0.4, -0.2) is 29.1 Å². The third-order valence-corrected chi connectivity index (χ3v) is 7.22. The molecule has 0 spiro atoms. The molecule has 0 radical (unpaired) electrons. The van der Waals surface area contributed by atoms with Gasteiger partial charge in [-0.05, 0) is 60.9 Å². The molecule has 29 heavy (non-hydrogen) atoms. The molecule has 2 atom stereocenters. The lowest BCUT2D eigenvalue weighted by Crippen LogP contribution is -2.48. The second-order valence-corrected chi connectivity index (χ2v) is 9.30. The first-order valence-electron chi connectivity index (χ1n) is 11.2. The molecular weight excluding hydrogens is 358 g/mol. The number of hydrogen-bond acceptors (Lipinski definition) is 3. The van der Waals surface area contributed by atoms with Crippen molar-refractivity contribution in [3.63, 3.8) is 0 Å². The normalized spacial score (nSPS) is 24.7. The number of nitriles is 1. The van der Waals surface area contributed by atoms with Gasteiger partial charge >= 0.3 is 0 Å². The molecule has 2 unspecified atom stereocenters. The third-order valence-electron chi connectivity index (χ3n) is 7.22. The van der Waals surface area contributed by atoms with E-state index in [2.05, 4.69) is 17.0 Å². The summed E-state index contributed by atoms with van der Waals surface area (Å²) in [6.07, 6.45) is 8.22. The highest BCUT2D eigenvalue weighted by atomic mass is 16.1. The van der Waals surface area contributed by atoms with Crippen LogP contribution in [0.15, 0.2) is 41.2 Å². The van der Waals surface area contributed by atoms with Crippen molar-refractivity contribution in [1.82, 2.24) is 9.47 Å². The molecule has 1 saturated carbocycles. The molecule has 1 aromatic carbocycles. The minimum absolute atomic E-state index is 0.105. The van der Waals surface area contributed by atoms with Gasteiger partial charge in [0.2, 0.25) is 0 Å². The zero-order valence-electron chi connectivity index (χ0n) is 17.0. The van der Waals surface area contributed by atoms with Gasteiger partial charge in [-0.15, -0.1) is 0 Å². The van der Waals surface area contributed by atoms with Crippen molar-refractivity contribution < 1.29 is 0 Å². The highest BCUT2D eigenvalue weighted by molar-refractivity contribution is 5.64. The standard InChI is InChI=1S/C25H29N3O/c26-13-19-7-4-8-21(11-19)23-9-10-24-22-12-20(16-28(24)25(23)29)15-27(17-22)14-18-5-2-1-3-6-18/h4,7-11,18,20,22H,1-3,5-6,12,14-17H2. The van der Waals surface area contributed by atoms with E-state index in [0.29, 0.717) is 23.0 Å². The number of hydrogen-bond donors (Lipinski definition) is 0. The molecule has 2 aliphatic heterocycles. The van der Waals surface area contributed by atoms with Crippen LogP contribution in [0.1, 0.15) is 55.7 Å². The summed E-state index contributed by atoms with van der Waals surface area (Å²) in [7, 11) is 0. The minimum atomic E-state index is 0.105. The number of aromatic nitrogens is 1. The maximum absolute atomic E-state index is 13.3. The summed E-state index contributed by atoms with van der Waals surface area (Å²) in [5.41, 5.74) is 3.47. The lowest BCUT2D eigenvalue weighted by molar-refractivity contribution is 0.0967. The molecule has 1 saturated heterocycles. The van der Waals surface area contributed by atoms with E-state index in [4.69, 9.17) is 0 Å². The average molecular weight is 388 g/mol. The van der Waals surface area contributed by atoms with Crippen LogP contribution in [0.5, 0.6) is 0 Å². The Morgan fingerprint density at radius 2 is 1.90 bits per heavy atom. The lowest BCUT2D eigenvalue weighted by atomic mass is 9.81. The van der Waals surface area contributed by atoms with E-state index in [-0.39, 0.29) is 5.56 Å². The summed E-state index contributed by atoms with van der Waals surface area (Å²) >= 11 is 0. The van der Waals surface area contributed by atoms with Gasteiger partial charge in [0, 0.05) is 43.4 Å². The highest BCUT2D eigenvalue weighted by Crippen LogP contribution is 2.37. The minimum Gasteiger partial charge on any atom is -0.311 e. The van der Waals surface area contributed by atoms with Crippen molar-refractivity contribution in [2.45, 2.75) is 51.0 Å². The Hall–Kier alpha value is -2.38. The summed E-state index contributed by atoms with van der Waals surface area (Å²) < 4.78 is 2.03. The summed E-state index contributed by atoms with van der Waals surface area (Å²) in [5, 5.41) is 9.18. The maximum atomic E-state index is 13.3. The SMILES string of the molecule is N#Cc1cccc(-c2ccc3n(c2=O)CC2CC3CN(CC3CCCCC3)C2)c1. The van der Waals surface area contributed by atoms with Gasteiger partial charge in [0.25, 0.3) is 5.56 Å². The smallest absolute Gasteiger partial charge is 0.258 e. The number of benzene rings is 1. The Bertz CT molecular complexity index is 996. The molecule has 1 aromatic heterocycles. The number of pyridine rings is 1. The van der Waals surface area contributed by atoms with Gasteiger partial charge in [-0.3, -0.25) is 4.79 Å². The Morgan fingerprint density at radius 1 is 1.03 bits per heavy atom. The van der Waals surface area contributed by atoms with Gasteiger partial charge in [0.05, 0.1) is 11.6 Å². The monoisotopic (exact) mass is 387 g/mol. The van der Waals surface area contributed by atoms with Crippen LogP contribution in [0, 0.1) is 23.2 Å². The van der Waals surface area contributed by atoms with Crippen LogP contribution in [-0.2, 0) is 6.54 Å². The predicted molar refractivity (Wildman–Crippen MR) is 115 cm³/mol. The van der Waals surface area contributed by atoms with Crippen LogP contribution in [0.3, 0.4) is 0 Å². The molecule has 1 aliphatic carbocycles. The Balaban J connectivity index is 1.40. The van der Waals surface area contributed by atoms with Gasteiger partial charge in [-0.1, -0.05) is 31.4 Å². The number of likely N-dealkylation sites (tertiary alicyclic amines) is 1. The van der Waals surface area contributed by atoms with Gasteiger partial charge in [-0.25, -0.2) is 0 Å². The van der Waals surface area contributed by atoms with Crippen LogP contribution in [0.4, 0.5) is 0 Å². The number of nitrogens with zero attached hydrogens (tertiary/aromatic N) is 3. The van der Waals surface area contributed by atoms with Gasteiger partial charge < -0.3 is 9.47 Å². The van der Waals surface area contributed by atoms with E-state index >= 15 is 0 Å². The Kier molecular flexibility index (Phi) is 5.01. The summed E-state index contributed by atoms with van der Waals surface area (Å²) in [4.78, 5) is 16.0. The number of rotatable bonds is 3. The van der Waals surface area contributed by atoms with E-state index in [1.807, 2.05) is 28.8 Å². The molecule has 4 heteroatoms. The summed E-state index contributed by atoms with van der Waals surface area (Å²) in [5.74, 6) is 1.92. The quantitative estimate of drug-likeness (QED) is 0.785. The molecule has 4 nitrogen and oxygen atoms in total. The molecule has 2 bridgehead atoms. The first-order valence-corrected chi connectivity index (χ1v) is 11.2. The second kappa shape index (κ2) is 7.80. The Labute approximate surface area is 172 Å². The summed E-state index contributed by atoms with van der Waals surface area (Å²) in [6, 6.07) is 13.7. The van der Waals surface area contributed by atoms with E-state index in [0.717, 1.165) is 31.1 Å². The van der Waals surface area contributed by atoms with Crippen LogP contribution in [0.25, 0.3) is 11.1 Å². The van der Waals surface area contributed by atoms with E-state index in [1.165, 1.54) is 50.8 Å². The molecule has 2 fully saturated rings. The van der Waals surface area contributed by atoms with E-state index in [1.54, 1.807) is 6.07 Å². The highest BCUT2D eigenvalue weighted by Gasteiger charge is 2.35. The molecule has 5 rings (SSSR count). The zero-order chi connectivity index (χ0) is 19.8. The molecule has 150 valence electrons. The van der Waals surface area contributed by atoms with E-state index in [9.17, 15) is 10.1 Å². The molecular formula is C25H29N3O. The molecule has 3 aliphatic rings. The molecule has 0 amide bonds. The third kappa shape index (κ3) is 3.65. The topological polar surface area (TPSA) is 49.0 Å². The first kappa shape index (κ1) is 18.6. The van der Waals surface area contributed by atoms with Crippen LogP contribution in [0.2, 0.25) is 0 Å². The Morgan fingerprint density at radius 3 is 2.72 bits per heavy atom. The van der Waals surface area contributed by atoms with E-state index < -0.39 is 0 Å². The van der Waals surface area contributed by atoms with Gasteiger partial charge in [0.1, 0.15) is 0 Å². The molecule has 0 N–H and O–H groups in total. The van der Waals surface area contributed by atoms with Crippen molar-refractivity contribution >= 4 is 0 Å². The number of piperidine rings is 1. The molecule has 3 heterocycles.